The van der Waals surface area contributed by atoms with Crippen molar-refractivity contribution in [2.75, 3.05) is 65.9 Å². The van der Waals surface area contributed by atoms with Crippen molar-refractivity contribution < 1.29 is 59.4 Å². The maximum Gasteiger partial charge on any atom is 0.326 e. The van der Waals surface area contributed by atoms with Crippen LogP contribution < -0.4 is 16.0 Å². The van der Waals surface area contributed by atoms with Crippen LogP contribution in [0.2, 0.25) is 0 Å². The predicted octanol–water partition coefficient (Wildman–Crippen LogP) is 3.41. The Morgan fingerprint density at radius 3 is 1.50 bits per heavy atom. The van der Waals surface area contributed by atoms with Gasteiger partial charge in [-0.05, 0) is 19.3 Å². The Labute approximate surface area is 298 Å². The molecule has 0 fully saturated rings. The number of carbonyl (C=O) groups is 6. The standard InChI is InChI=1S/C35H63N3O12.H2/c39-21-24-49-26-25-47-23-20-37-33(42)29-50-28-27-48-22-19-36-31(40)18-17-30(35(45)46)38-32(41)15-13-11-9-7-5-3-1-2-4-6-8-10-12-14-16-34(43)44;/h21,30H,1-20,22-29H2,(H,36,40)(H,37,42)(H,38,41)(H,43,44)(H,45,46);1H/t30-;/m0./s1. The lowest BCUT2D eigenvalue weighted by Gasteiger charge is -2.14. The van der Waals surface area contributed by atoms with E-state index in [0.29, 0.717) is 39.1 Å². The topological polar surface area (TPSA) is 216 Å². The normalized spacial score (nSPS) is 11.5. The molecule has 0 radical (unpaired) electrons. The lowest BCUT2D eigenvalue weighted by Crippen LogP contribution is -2.41. The van der Waals surface area contributed by atoms with Crippen molar-refractivity contribution >= 4 is 35.9 Å². The Balaban J connectivity index is 0. The number of hydrogen-bond donors (Lipinski definition) is 5. The summed E-state index contributed by atoms with van der Waals surface area (Å²) in [7, 11) is 0. The van der Waals surface area contributed by atoms with E-state index in [4.69, 9.17) is 24.1 Å². The van der Waals surface area contributed by atoms with Crippen LogP contribution in [0.5, 0.6) is 0 Å². The first kappa shape index (κ1) is 46.9. The summed E-state index contributed by atoms with van der Waals surface area (Å²) in [6.07, 6.45) is 16.3. The zero-order chi connectivity index (χ0) is 36.9. The molecule has 0 aliphatic carbocycles. The fourth-order valence-electron chi connectivity index (χ4n) is 4.88. The Hall–Kier alpha value is -3.14. The minimum atomic E-state index is -1.18. The van der Waals surface area contributed by atoms with Crippen LogP contribution in [0.1, 0.15) is 117 Å². The smallest absolute Gasteiger partial charge is 0.326 e. The van der Waals surface area contributed by atoms with Gasteiger partial charge >= 0.3 is 11.9 Å². The van der Waals surface area contributed by atoms with Crippen LogP contribution in [0.15, 0.2) is 0 Å². The molecular weight excluding hydrogens is 654 g/mol. The molecule has 0 unspecified atom stereocenters. The summed E-state index contributed by atoms with van der Waals surface area (Å²) in [6, 6.07) is -1.13. The molecule has 0 bridgehead atoms. The molecule has 0 aromatic heterocycles. The van der Waals surface area contributed by atoms with E-state index in [1.807, 2.05) is 0 Å². The van der Waals surface area contributed by atoms with Crippen LogP contribution >= 0.6 is 0 Å². The highest BCUT2D eigenvalue weighted by atomic mass is 16.5. The van der Waals surface area contributed by atoms with Crippen molar-refractivity contribution in [2.24, 2.45) is 0 Å². The molecule has 292 valence electrons. The van der Waals surface area contributed by atoms with Gasteiger partial charge in [-0.3, -0.25) is 19.2 Å². The first-order valence-corrected chi connectivity index (χ1v) is 18.3. The monoisotopic (exact) mass is 719 g/mol. The van der Waals surface area contributed by atoms with Crippen LogP contribution in [0.3, 0.4) is 0 Å². The van der Waals surface area contributed by atoms with Gasteiger partial charge in [0.2, 0.25) is 17.7 Å². The molecular formula is C35H65N3O12. The van der Waals surface area contributed by atoms with E-state index in [0.717, 1.165) is 38.5 Å². The summed E-state index contributed by atoms with van der Waals surface area (Å²) in [5, 5.41) is 25.9. The summed E-state index contributed by atoms with van der Waals surface area (Å²) in [6.45, 7) is 2.01. The second-order valence-electron chi connectivity index (χ2n) is 12.1. The molecule has 50 heavy (non-hydrogen) atoms. The van der Waals surface area contributed by atoms with E-state index in [1.165, 1.54) is 44.9 Å². The number of rotatable bonds is 38. The molecule has 0 saturated carbocycles. The summed E-state index contributed by atoms with van der Waals surface area (Å²) < 4.78 is 20.7. The Bertz CT molecular complexity index is 913. The maximum atomic E-state index is 12.3. The lowest BCUT2D eigenvalue weighted by atomic mass is 10.0. The number of ether oxygens (including phenoxy) is 4. The first-order chi connectivity index (χ1) is 24.3. The van der Waals surface area contributed by atoms with E-state index in [1.54, 1.807) is 0 Å². The van der Waals surface area contributed by atoms with E-state index in [-0.39, 0.29) is 84.4 Å². The highest BCUT2D eigenvalue weighted by molar-refractivity contribution is 5.84. The van der Waals surface area contributed by atoms with Crippen molar-refractivity contribution in [1.29, 1.82) is 0 Å². The Morgan fingerprint density at radius 1 is 0.540 bits per heavy atom. The van der Waals surface area contributed by atoms with Gasteiger partial charge in [0.05, 0.1) is 39.6 Å². The van der Waals surface area contributed by atoms with Crippen molar-refractivity contribution in [3.8, 4) is 0 Å². The second-order valence-corrected chi connectivity index (χ2v) is 12.1. The fraction of sp³-hybridized carbons (Fsp3) is 0.829. The Kier molecular flexibility index (Phi) is 33.4. The number of aldehydes is 1. The molecule has 0 saturated heterocycles. The fourth-order valence-corrected chi connectivity index (χ4v) is 4.88. The van der Waals surface area contributed by atoms with Gasteiger partial charge in [0.1, 0.15) is 25.5 Å². The summed E-state index contributed by atoms with van der Waals surface area (Å²) in [5.41, 5.74) is 0. The molecule has 0 aliphatic heterocycles. The molecule has 0 aromatic carbocycles. The number of hydrogen-bond acceptors (Lipinski definition) is 10. The first-order valence-electron chi connectivity index (χ1n) is 18.3. The summed E-state index contributed by atoms with van der Waals surface area (Å²) in [4.78, 5) is 68.2. The van der Waals surface area contributed by atoms with Gasteiger partial charge in [-0.1, -0.05) is 77.0 Å². The molecule has 15 nitrogen and oxygen atoms in total. The third-order valence-electron chi connectivity index (χ3n) is 7.64. The number of carboxylic acids is 2. The van der Waals surface area contributed by atoms with Gasteiger partial charge in [0.25, 0.3) is 0 Å². The van der Waals surface area contributed by atoms with Crippen molar-refractivity contribution in [2.45, 2.75) is 122 Å². The van der Waals surface area contributed by atoms with Gasteiger partial charge < -0.3 is 49.9 Å². The van der Waals surface area contributed by atoms with Crippen molar-refractivity contribution in [1.82, 2.24) is 16.0 Å². The van der Waals surface area contributed by atoms with Crippen molar-refractivity contribution in [3.05, 3.63) is 0 Å². The number of carbonyl (C=O) groups excluding carboxylic acids is 4. The van der Waals surface area contributed by atoms with Gasteiger partial charge in [0, 0.05) is 33.8 Å². The van der Waals surface area contributed by atoms with E-state index >= 15 is 0 Å². The summed E-state index contributed by atoms with van der Waals surface area (Å²) >= 11 is 0. The molecule has 15 heteroatoms. The van der Waals surface area contributed by atoms with Crippen molar-refractivity contribution in [3.63, 3.8) is 0 Å². The van der Waals surface area contributed by atoms with Crippen LogP contribution in [-0.4, -0.2) is 118 Å². The zero-order valence-corrected chi connectivity index (χ0v) is 29.9. The lowest BCUT2D eigenvalue weighted by molar-refractivity contribution is -0.142. The second kappa shape index (κ2) is 35.7. The molecule has 0 aliphatic rings. The zero-order valence-electron chi connectivity index (χ0n) is 29.9. The highest BCUT2D eigenvalue weighted by Crippen LogP contribution is 2.14. The SMILES string of the molecule is O=CCOCCOCCNC(=O)COCCOCCNC(=O)CC[C@H](NC(=O)CCCCCCCCCCCCCCCCC(=O)O)C(=O)O.[HH]. The van der Waals surface area contributed by atoms with Crippen LogP contribution in [0.4, 0.5) is 0 Å². The predicted molar refractivity (Wildman–Crippen MR) is 188 cm³/mol. The van der Waals surface area contributed by atoms with Crippen LogP contribution in [-0.2, 0) is 47.7 Å². The maximum absolute atomic E-state index is 12.3. The molecule has 0 heterocycles. The van der Waals surface area contributed by atoms with Gasteiger partial charge in [-0.25, -0.2) is 4.79 Å². The molecule has 1 atom stereocenters. The molecule has 3 amide bonds. The van der Waals surface area contributed by atoms with E-state index in [2.05, 4.69) is 16.0 Å². The minimum absolute atomic E-state index is 0. The van der Waals surface area contributed by atoms with E-state index in [9.17, 15) is 33.9 Å². The molecule has 0 spiro atoms. The van der Waals surface area contributed by atoms with Crippen LogP contribution in [0.25, 0.3) is 0 Å². The van der Waals surface area contributed by atoms with Gasteiger partial charge in [-0.15, -0.1) is 0 Å². The average molecular weight is 720 g/mol. The number of aliphatic carboxylic acids is 2. The largest absolute Gasteiger partial charge is 0.481 e. The molecule has 0 rings (SSSR count). The third kappa shape index (κ3) is 34.7. The highest BCUT2D eigenvalue weighted by Gasteiger charge is 2.20. The number of carboxylic acid groups (broad SMARTS) is 2. The number of unbranched alkanes of at least 4 members (excludes halogenated alkanes) is 13. The van der Waals surface area contributed by atoms with Gasteiger partial charge in [-0.2, -0.15) is 0 Å². The quantitative estimate of drug-likeness (QED) is 0.0459. The number of nitrogens with one attached hydrogen (secondary N) is 3. The van der Waals surface area contributed by atoms with Crippen LogP contribution in [0, 0.1) is 0 Å². The summed E-state index contributed by atoms with van der Waals surface area (Å²) in [5.74, 6) is -2.85. The minimum Gasteiger partial charge on any atom is -0.481 e. The Morgan fingerprint density at radius 2 is 1.00 bits per heavy atom. The third-order valence-corrected chi connectivity index (χ3v) is 7.64. The van der Waals surface area contributed by atoms with E-state index < -0.39 is 18.0 Å². The molecule has 0 aromatic rings. The molecule has 5 N–H and O–H groups in total. The number of amides is 3. The van der Waals surface area contributed by atoms with Gasteiger partial charge in [0.15, 0.2) is 0 Å². The average Bonchev–Trinajstić information content (AvgIpc) is 3.08.